The van der Waals surface area contributed by atoms with E-state index in [0.717, 1.165) is 16.7 Å². The fourth-order valence-electron chi connectivity index (χ4n) is 2.21. The van der Waals surface area contributed by atoms with Crippen molar-refractivity contribution in [2.75, 3.05) is 0 Å². The topological polar surface area (TPSA) is 42.4 Å². The number of benzene rings is 1. The Morgan fingerprint density at radius 2 is 2.06 bits per heavy atom. The Balaban J connectivity index is 2.05. The average Bonchev–Trinajstić information content (AvgIpc) is 2.79. The smallest absolute Gasteiger partial charge is 0.142 e. The summed E-state index contributed by atoms with van der Waals surface area (Å²) in [6.07, 6.45) is 1.60. The summed E-state index contributed by atoms with van der Waals surface area (Å²) in [6.45, 7) is 2.20. The van der Waals surface area contributed by atoms with Crippen LogP contribution in [0, 0.1) is 6.92 Å². The normalized spacial score (nSPS) is 17.8. The molecule has 3 rings (SSSR count). The minimum Gasteiger partial charge on any atom is -0.506 e. The van der Waals surface area contributed by atoms with Gasteiger partial charge in [0.05, 0.1) is 12.3 Å². The first kappa shape index (κ1) is 11.5. The number of fused-ring (bicyclic) bond motifs is 1. The van der Waals surface area contributed by atoms with Crippen LogP contribution in [-0.2, 0) is 11.3 Å². The van der Waals surface area contributed by atoms with Gasteiger partial charge < -0.3 is 9.84 Å². The summed E-state index contributed by atoms with van der Waals surface area (Å²) in [5.41, 5.74) is 3.42. The number of nitrogens with zero attached hydrogens (tertiary/aromatic N) is 1. The van der Waals surface area contributed by atoms with Crippen molar-refractivity contribution in [2.45, 2.75) is 19.6 Å². The molecule has 1 aliphatic heterocycles. The Labute approximate surface area is 110 Å². The van der Waals surface area contributed by atoms with E-state index in [0.29, 0.717) is 17.3 Å². The second-order valence-electron chi connectivity index (χ2n) is 4.37. The van der Waals surface area contributed by atoms with Crippen LogP contribution in [0.25, 0.3) is 0 Å². The number of aromatic hydroxyl groups is 1. The first-order valence-electron chi connectivity index (χ1n) is 5.71. The molecule has 0 radical (unpaired) electrons. The summed E-state index contributed by atoms with van der Waals surface area (Å²) in [5, 5.41) is 10.7. The highest BCUT2D eigenvalue weighted by Crippen LogP contribution is 2.40. The lowest BCUT2D eigenvalue weighted by Gasteiger charge is -2.11. The molecule has 0 bridgehead atoms. The summed E-state index contributed by atoms with van der Waals surface area (Å²) in [5.74, 6) is 0.240. The molecule has 0 amide bonds. The number of hydrogen-bond donors (Lipinski definition) is 1. The number of rotatable bonds is 1. The predicted molar refractivity (Wildman–Crippen MR) is 68.7 cm³/mol. The van der Waals surface area contributed by atoms with Gasteiger partial charge in [0.25, 0.3) is 0 Å². The molecule has 0 saturated carbocycles. The summed E-state index contributed by atoms with van der Waals surface area (Å²) in [4.78, 5) is 4.19. The lowest BCUT2D eigenvalue weighted by Crippen LogP contribution is -1.99. The summed E-state index contributed by atoms with van der Waals surface area (Å²) >= 11 is 5.87. The van der Waals surface area contributed by atoms with E-state index >= 15 is 0 Å². The second kappa shape index (κ2) is 4.26. The Bertz CT molecular complexity index is 595. The van der Waals surface area contributed by atoms with Gasteiger partial charge in [0.2, 0.25) is 0 Å². The molecule has 0 spiro atoms. The molecule has 0 aliphatic carbocycles. The molecular weight excluding hydrogens is 250 g/mol. The molecular formula is C14H12ClNO2. The number of hydrogen-bond acceptors (Lipinski definition) is 3. The summed E-state index contributed by atoms with van der Waals surface area (Å²) in [7, 11) is 0. The maximum absolute atomic E-state index is 9.96. The predicted octanol–water partition coefficient (Wildman–Crippen LogP) is 3.37. The van der Waals surface area contributed by atoms with E-state index in [-0.39, 0.29) is 11.9 Å². The van der Waals surface area contributed by atoms with Gasteiger partial charge in [-0.05, 0) is 24.6 Å². The molecule has 92 valence electrons. The first-order valence-corrected chi connectivity index (χ1v) is 6.09. The van der Waals surface area contributed by atoms with E-state index in [1.165, 1.54) is 0 Å². The highest BCUT2D eigenvalue weighted by atomic mass is 35.5. The standard InChI is InChI=1S/C14H12ClNO2/c1-8-13(17)12-7-18-14(11(12)6-16-8)9-2-4-10(15)5-3-9/h2-6,14,17H,7H2,1H3/t14-/m1/s1. The van der Waals surface area contributed by atoms with E-state index in [9.17, 15) is 5.11 Å². The monoisotopic (exact) mass is 261 g/mol. The maximum atomic E-state index is 9.96. The molecule has 2 heterocycles. The molecule has 0 fully saturated rings. The third-order valence-corrected chi connectivity index (χ3v) is 3.48. The summed E-state index contributed by atoms with van der Waals surface area (Å²) in [6, 6.07) is 7.53. The van der Waals surface area contributed by atoms with Gasteiger partial charge in [-0.15, -0.1) is 0 Å². The van der Waals surface area contributed by atoms with Gasteiger partial charge in [0.15, 0.2) is 0 Å². The molecule has 0 saturated heterocycles. The lowest BCUT2D eigenvalue weighted by molar-refractivity contribution is 0.0932. The highest BCUT2D eigenvalue weighted by Gasteiger charge is 2.28. The number of ether oxygens (including phenoxy) is 1. The van der Waals surface area contributed by atoms with Crippen LogP contribution in [0.1, 0.15) is 28.5 Å². The minimum atomic E-state index is -0.170. The molecule has 1 N–H and O–H groups in total. The zero-order valence-corrected chi connectivity index (χ0v) is 10.6. The van der Waals surface area contributed by atoms with Gasteiger partial charge in [-0.25, -0.2) is 0 Å². The average molecular weight is 262 g/mol. The van der Waals surface area contributed by atoms with E-state index in [1.54, 1.807) is 13.1 Å². The van der Waals surface area contributed by atoms with Crippen molar-refractivity contribution in [3.05, 3.63) is 57.9 Å². The van der Waals surface area contributed by atoms with Gasteiger partial charge in [-0.1, -0.05) is 23.7 Å². The molecule has 18 heavy (non-hydrogen) atoms. The molecule has 2 aromatic rings. The molecule has 1 atom stereocenters. The van der Waals surface area contributed by atoms with Crippen molar-refractivity contribution < 1.29 is 9.84 Å². The zero-order valence-electron chi connectivity index (χ0n) is 9.85. The molecule has 4 heteroatoms. The van der Waals surface area contributed by atoms with Gasteiger partial charge >= 0.3 is 0 Å². The van der Waals surface area contributed by atoms with E-state index < -0.39 is 0 Å². The quantitative estimate of drug-likeness (QED) is 0.856. The van der Waals surface area contributed by atoms with Gasteiger partial charge in [0, 0.05) is 22.3 Å². The molecule has 0 unspecified atom stereocenters. The van der Waals surface area contributed by atoms with E-state index in [4.69, 9.17) is 16.3 Å². The molecule has 1 aliphatic rings. The lowest BCUT2D eigenvalue weighted by atomic mass is 10.0. The first-order chi connectivity index (χ1) is 8.66. The molecule has 1 aromatic heterocycles. The third-order valence-electron chi connectivity index (χ3n) is 3.22. The van der Waals surface area contributed by atoms with Crippen LogP contribution >= 0.6 is 11.6 Å². The fraction of sp³-hybridized carbons (Fsp3) is 0.214. The van der Waals surface area contributed by atoms with Gasteiger partial charge in [-0.3, -0.25) is 4.98 Å². The van der Waals surface area contributed by atoms with Crippen molar-refractivity contribution in [1.82, 2.24) is 4.98 Å². The Kier molecular flexibility index (Phi) is 2.73. The van der Waals surface area contributed by atoms with Crippen LogP contribution in [0.4, 0.5) is 0 Å². The second-order valence-corrected chi connectivity index (χ2v) is 4.81. The van der Waals surface area contributed by atoms with Gasteiger partial charge in [-0.2, -0.15) is 0 Å². The largest absolute Gasteiger partial charge is 0.506 e. The zero-order chi connectivity index (χ0) is 12.7. The Morgan fingerprint density at radius 1 is 1.33 bits per heavy atom. The summed E-state index contributed by atoms with van der Waals surface area (Å²) < 4.78 is 5.74. The van der Waals surface area contributed by atoms with Crippen LogP contribution < -0.4 is 0 Å². The van der Waals surface area contributed by atoms with Crippen LogP contribution in [0.2, 0.25) is 5.02 Å². The van der Waals surface area contributed by atoms with Crippen molar-refractivity contribution in [1.29, 1.82) is 0 Å². The van der Waals surface area contributed by atoms with Crippen LogP contribution in [-0.4, -0.2) is 10.1 Å². The highest BCUT2D eigenvalue weighted by molar-refractivity contribution is 6.30. The minimum absolute atomic E-state index is 0.170. The van der Waals surface area contributed by atoms with Crippen molar-refractivity contribution in [2.24, 2.45) is 0 Å². The van der Waals surface area contributed by atoms with Crippen molar-refractivity contribution in [3.8, 4) is 5.75 Å². The molecule has 1 aromatic carbocycles. The van der Waals surface area contributed by atoms with Crippen LogP contribution in [0.5, 0.6) is 5.75 Å². The number of pyridine rings is 1. The maximum Gasteiger partial charge on any atom is 0.142 e. The Hall–Kier alpha value is -1.58. The van der Waals surface area contributed by atoms with Crippen molar-refractivity contribution >= 4 is 11.6 Å². The van der Waals surface area contributed by atoms with Crippen molar-refractivity contribution in [3.63, 3.8) is 0 Å². The van der Waals surface area contributed by atoms with E-state index in [1.807, 2.05) is 24.3 Å². The molecule has 3 nitrogen and oxygen atoms in total. The number of aryl methyl sites for hydroxylation is 1. The van der Waals surface area contributed by atoms with Gasteiger partial charge in [0.1, 0.15) is 11.9 Å². The van der Waals surface area contributed by atoms with Crippen LogP contribution in [0.15, 0.2) is 30.5 Å². The SMILES string of the molecule is Cc1ncc2c(c1O)CO[C@@H]2c1ccc(Cl)cc1. The number of halogens is 1. The number of aromatic nitrogens is 1. The fourth-order valence-corrected chi connectivity index (χ4v) is 2.33. The Morgan fingerprint density at radius 3 is 2.78 bits per heavy atom. The third kappa shape index (κ3) is 1.76. The van der Waals surface area contributed by atoms with E-state index in [2.05, 4.69) is 4.98 Å². The van der Waals surface area contributed by atoms with Crippen LogP contribution in [0.3, 0.4) is 0 Å².